The molecule has 0 saturated carbocycles. The van der Waals surface area contributed by atoms with Gasteiger partial charge in [-0.15, -0.1) is 0 Å². The molecule has 0 aliphatic rings. The SMILES string of the molecule is CCOC(=O)c1ccc(NC(=O)C(CCC(=O)O)NC(=O)c2ccccc2)cc1. The molecule has 0 aromatic heterocycles. The smallest absolute Gasteiger partial charge is 0.338 e. The number of aliphatic carboxylic acids is 1. The molecule has 3 N–H and O–H groups in total. The molecular formula is C21H22N2O6. The van der Waals surface area contributed by atoms with Gasteiger partial charge in [0.2, 0.25) is 5.91 Å². The number of amides is 2. The Balaban J connectivity index is 2.07. The summed E-state index contributed by atoms with van der Waals surface area (Å²) in [6.07, 6.45) is -0.352. The number of hydrogen-bond donors (Lipinski definition) is 3. The molecule has 0 fully saturated rings. The Morgan fingerprint density at radius 2 is 1.62 bits per heavy atom. The van der Waals surface area contributed by atoms with Gasteiger partial charge in [-0.2, -0.15) is 0 Å². The van der Waals surface area contributed by atoms with E-state index in [9.17, 15) is 19.2 Å². The van der Waals surface area contributed by atoms with Crippen LogP contribution in [0.2, 0.25) is 0 Å². The molecule has 1 unspecified atom stereocenters. The Kier molecular flexibility index (Phi) is 7.90. The van der Waals surface area contributed by atoms with Crippen molar-refractivity contribution in [3.63, 3.8) is 0 Å². The third-order valence-electron chi connectivity index (χ3n) is 3.97. The van der Waals surface area contributed by atoms with Crippen LogP contribution in [0.15, 0.2) is 54.6 Å². The van der Waals surface area contributed by atoms with E-state index in [4.69, 9.17) is 9.84 Å². The van der Waals surface area contributed by atoms with Crippen molar-refractivity contribution in [3.8, 4) is 0 Å². The molecule has 0 heterocycles. The highest BCUT2D eigenvalue weighted by atomic mass is 16.5. The van der Waals surface area contributed by atoms with Crippen molar-refractivity contribution >= 4 is 29.4 Å². The summed E-state index contributed by atoms with van der Waals surface area (Å²) in [5, 5.41) is 14.1. The van der Waals surface area contributed by atoms with Crippen molar-refractivity contribution in [2.24, 2.45) is 0 Å². The van der Waals surface area contributed by atoms with Crippen LogP contribution in [0.5, 0.6) is 0 Å². The highest BCUT2D eigenvalue weighted by Gasteiger charge is 2.22. The van der Waals surface area contributed by atoms with Crippen molar-refractivity contribution < 1.29 is 29.0 Å². The first-order valence-corrected chi connectivity index (χ1v) is 9.06. The van der Waals surface area contributed by atoms with Crippen molar-refractivity contribution in [1.29, 1.82) is 0 Å². The van der Waals surface area contributed by atoms with Crippen LogP contribution in [0.3, 0.4) is 0 Å². The molecule has 2 amide bonds. The van der Waals surface area contributed by atoms with E-state index in [1.807, 2.05) is 0 Å². The summed E-state index contributed by atoms with van der Waals surface area (Å²) >= 11 is 0. The summed E-state index contributed by atoms with van der Waals surface area (Å²) in [5.41, 5.74) is 1.10. The molecule has 0 radical (unpaired) electrons. The van der Waals surface area contributed by atoms with Crippen LogP contribution in [-0.4, -0.2) is 41.5 Å². The molecule has 29 heavy (non-hydrogen) atoms. The van der Waals surface area contributed by atoms with Crippen molar-refractivity contribution in [3.05, 3.63) is 65.7 Å². The molecule has 0 aliphatic carbocycles. The fraction of sp³-hybridized carbons (Fsp3) is 0.238. The van der Waals surface area contributed by atoms with Gasteiger partial charge in [-0.05, 0) is 49.7 Å². The van der Waals surface area contributed by atoms with Gasteiger partial charge in [-0.1, -0.05) is 18.2 Å². The number of carboxylic acids is 1. The monoisotopic (exact) mass is 398 g/mol. The standard InChI is InChI=1S/C21H22N2O6/c1-2-29-21(28)15-8-10-16(11-9-15)22-20(27)17(12-13-18(24)25)23-19(26)14-6-4-3-5-7-14/h3-11,17H,2,12-13H2,1H3,(H,22,27)(H,23,26)(H,24,25). The van der Waals surface area contributed by atoms with Gasteiger partial charge in [-0.3, -0.25) is 14.4 Å². The zero-order valence-corrected chi connectivity index (χ0v) is 15.9. The molecular weight excluding hydrogens is 376 g/mol. The quantitative estimate of drug-likeness (QED) is 0.558. The Labute approximate surface area is 167 Å². The fourth-order valence-electron chi connectivity index (χ4n) is 2.50. The first-order chi connectivity index (χ1) is 13.9. The predicted octanol–water partition coefficient (Wildman–Crippen LogP) is 2.47. The zero-order valence-electron chi connectivity index (χ0n) is 15.9. The van der Waals surface area contributed by atoms with Crippen LogP contribution in [0.25, 0.3) is 0 Å². The maximum atomic E-state index is 12.6. The summed E-state index contributed by atoms with van der Waals surface area (Å²) in [4.78, 5) is 47.5. The number of ether oxygens (including phenoxy) is 1. The van der Waals surface area contributed by atoms with E-state index in [1.54, 1.807) is 37.3 Å². The topological polar surface area (TPSA) is 122 Å². The lowest BCUT2D eigenvalue weighted by Crippen LogP contribution is -2.44. The van der Waals surface area contributed by atoms with Crippen molar-refractivity contribution in [1.82, 2.24) is 5.32 Å². The Bertz CT molecular complexity index is 864. The molecule has 2 rings (SSSR count). The van der Waals surface area contributed by atoms with Crippen LogP contribution >= 0.6 is 0 Å². The van der Waals surface area contributed by atoms with Crippen LogP contribution in [0.1, 0.15) is 40.5 Å². The number of hydrogen-bond acceptors (Lipinski definition) is 5. The van der Waals surface area contributed by atoms with E-state index in [2.05, 4.69) is 10.6 Å². The molecule has 0 saturated heterocycles. The van der Waals surface area contributed by atoms with Gasteiger partial charge >= 0.3 is 11.9 Å². The normalized spacial score (nSPS) is 11.2. The maximum absolute atomic E-state index is 12.6. The number of anilines is 1. The number of carbonyl (C=O) groups excluding carboxylic acids is 3. The van der Waals surface area contributed by atoms with Crippen LogP contribution in [-0.2, 0) is 14.3 Å². The number of benzene rings is 2. The van der Waals surface area contributed by atoms with Gasteiger partial charge in [0.25, 0.3) is 5.91 Å². The second kappa shape index (κ2) is 10.6. The number of carboxylic acid groups (broad SMARTS) is 1. The van der Waals surface area contributed by atoms with E-state index in [0.29, 0.717) is 16.8 Å². The third-order valence-corrected chi connectivity index (χ3v) is 3.97. The zero-order chi connectivity index (χ0) is 21.2. The van der Waals surface area contributed by atoms with Gasteiger partial charge in [0.05, 0.1) is 12.2 Å². The lowest BCUT2D eigenvalue weighted by atomic mass is 10.1. The number of esters is 1. The lowest BCUT2D eigenvalue weighted by Gasteiger charge is -2.18. The molecule has 0 bridgehead atoms. The third kappa shape index (κ3) is 6.76. The summed E-state index contributed by atoms with van der Waals surface area (Å²) < 4.78 is 4.90. The molecule has 0 aliphatic heterocycles. The van der Waals surface area contributed by atoms with E-state index in [1.165, 1.54) is 24.3 Å². The van der Waals surface area contributed by atoms with E-state index in [-0.39, 0.29) is 19.4 Å². The molecule has 8 heteroatoms. The number of carbonyl (C=O) groups is 4. The summed E-state index contributed by atoms with van der Waals surface area (Å²) in [6.45, 7) is 1.96. The minimum absolute atomic E-state index is 0.0688. The van der Waals surface area contributed by atoms with E-state index >= 15 is 0 Å². The van der Waals surface area contributed by atoms with Crippen molar-refractivity contribution in [2.45, 2.75) is 25.8 Å². The molecule has 0 spiro atoms. The largest absolute Gasteiger partial charge is 0.481 e. The number of nitrogens with one attached hydrogen (secondary N) is 2. The predicted molar refractivity (Wildman–Crippen MR) is 106 cm³/mol. The molecule has 1 atom stereocenters. The van der Waals surface area contributed by atoms with Gasteiger partial charge in [0, 0.05) is 17.7 Å². The minimum Gasteiger partial charge on any atom is -0.481 e. The highest BCUT2D eigenvalue weighted by molar-refractivity contribution is 6.01. The van der Waals surface area contributed by atoms with Crippen LogP contribution < -0.4 is 10.6 Å². The van der Waals surface area contributed by atoms with Crippen LogP contribution in [0.4, 0.5) is 5.69 Å². The minimum atomic E-state index is -1.07. The van der Waals surface area contributed by atoms with E-state index < -0.39 is 29.8 Å². The molecule has 2 aromatic carbocycles. The fourth-order valence-corrected chi connectivity index (χ4v) is 2.50. The molecule has 2 aromatic rings. The van der Waals surface area contributed by atoms with Gasteiger partial charge < -0.3 is 20.5 Å². The summed E-state index contributed by atoms with van der Waals surface area (Å²) in [7, 11) is 0. The second-order valence-electron chi connectivity index (χ2n) is 6.11. The van der Waals surface area contributed by atoms with Gasteiger partial charge in [0.15, 0.2) is 0 Å². The first-order valence-electron chi connectivity index (χ1n) is 9.06. The Morgan fingerprint density at radius 3 is 2.21 bits per heavy atom. The first kappa shape index (κ1) is 21.6. The second-order valence-corrected chi connectivity index (χ2v) is 6.11. The lowest BCUT2D eigenvalue weighted by molar-refractivity contribution is -0.137. The number of rotatable bonds is 9. The molecule has 8 nitrogen and oxygen atoms in total. The average Bonchev–Trinajstić information content (AvgIpc) is 2.72. The van der Waals surface area contributed by atoms with E-state index in [0.717, 1.165) is 0 Å². The van der Waals surface area contributed by atoms with Crippen molar-refractivity contribution in [2.75, 3.05) is 11.9 Å². The summed E-state index contributed by atoms with van der Waals surface area (Å²) in [6, 6.07) is 13.3. The van der Waals surface area contributed by atoms with Crippen LogP contribution in [0, 0.1) is 0 Å². The Morgan fingerprint density at radius 1 is 0.966 bits per heavy atom. The Hall–Kier alpha value is -3.68. The highest BCUT2D eigenvalue weighted by Crippen LogP contribution is 2.12. The molecule has 152 valence electrons. The summed E-state index contributed by atoms with van der Waals surface area (Å²) in [5.74, 6) is -2.58. The van der Waals surface area contributed by atoms with Gasteiger partial charge in [0.1, 0.15) is 6.04 Å². The average molecular weight is 398 g/mol. The van der Waals surface area contributed by atoms with Gasteiger partial charge in [-0.25, -0.2) is 4.79 Å². The maximum Gasteiger partial charge on any atom is 0.338 e.